The van der Waals surface area contributed by atoms with E-state index >= 15 is 0 Å². The summed E-state index contributed by atoms with van der Waals surface area (Å²) in [5.41, 5.74) is 0.616. The first-order valence-electron chi connectivity index (χ1n) is 8.15. The van der Waals surface area contributed by atoms with Crippen LogP contribution in [0.1, 0.15) is 11.7 Å². The molecule has 140 valence electrons. The standard InChI is InChI=1S/C19H18N2O5S/c1-27(25,26)19-11-16(8-9-17(19)21(23)24)20-12-18(22)15-7-6-13-4-2-3-5-14(13)10-15/h2-11,18,20,22H,12H2,1H3. The fraction of sp³-hybridized carbons (Fsp3) is 0.158. The van der Waals surface area contributed by atoms with Gasteiger partial charge < -0.3 is 10.4 Å². The molecule has 1 atom stereocenters. The summed E-state index contributed by atoms with van der Waals surface area (Å²) in [5.74, 6) is 0. The molecule has 0 saturated heterocycles. The Labute approximate surface area is 156 Å². The van der Waals surface area contributed by atoms with Gasteiger partial charge in [0.15, 0.2) is 9.84 Å². The van der Waals surface area contributed by atoms with Gasteiger partial charge in [-0.25, -0.2) is 8.42 Å². The van der Waals surface area contributed by atoms with Crippen LogP contribution in [0.25, 0.3) is 10.8 Å². The summed E-state index contributed by atoms with van der Waals surface area (Å²) in [6, 6.07) is 17.2. The first kappa shape index (κ1) is 18.8. The van der Waals surface area contributed by atoms with Gasteiger partial charge >= 0.3 is 0 Å². The normalized spacial score (nSPS) is 12.7. The van der Waals surface area contributed by atoms with Crippen LogP contribution >= 0.6 is 0 Å². The Morgan fingerprint density at radius 3 is 2.44 bits per heavy atom. The van der Waals surface area contributed by atoms with Crippen LogP contribution < -0.4 is 5.32 Å². The van der Waals surface area contributed by atoms with Gasteiger partial charge in [-0.2, -0.15) is 0 Å². The molecule has 0 aromatic heterocycles. The van der Waals surface area contributed by atoms with E-state index in [0.717, 1.165) is 23.1 Å². The molecule has 2 N–H and O–H groups in total. The van der Waals surface area contributed by atoms with Crippen LogP contribution in [0, 0.1) is 10.1 Å². The van der Waals surface area contributed by atoms with Crippen molar-refractivity contribution in [1.82, 2.24) is 0 Å². The average Bonchev–Trinajstić information content (AvgIpc) is 2.64. The van der Waals surface area contributed by atoms with Crippen LogP contribution in [0.15, 0.2) is 65.6 Å². The Morgan fingerprint density at radius 2 is 1.78 bits per heavy atom. The summed E-state index contributed by atoms with van der Waals surface area (Å²) in [6.45, 7) is 0.124. The number of hydrogen-bond donors (Lipinski definition) is 2. The second-order valence-corrected chi connectivity index (χ2v) is 8.20. The number of hydrogen-bond acceptors (Lipinski definition) is 6. The second-order valence-electron chi connectivity index (χ2n) is 6.22. The molecule has 0 saturated carbocycles. The van der Waals surface area contributed by atoms with Crippen LogP contribution in [0.5, 0.6) is 0 Å². The molecule has 0 radical (unpaired) electrons. The monoisotopic (exact) mass is 386 g/mol. The van der Waals surface area contributed by atoms with E-state index in [1.165, 1.54) is 12.1 Å². The minimum Gasteiger partial charge on any atom is -0.387 e. The molecule has 0 aliphatic carbocycles. The van der Waals surface area contributed by atoms with Crippen molar-refractivity contribution in [3.05, 3.63) is 76.3 Å². The van der Waals surface area contributed by atoms with Crippen molar-refractivity contribution < 1.29 is 18.4 Å². The highest BCUT2D eigenvalue weighted by molar-refractivity contribution is 7.90. The average molecular weight is 386 g/mol. The minimum atomic E-state index is -3.76. The second kappa shape index (κ2) is 7.34. The number of benzene rings is 3. The van der Waals surface area contributed by atoms with Gasteiger partial charge in [0.2, 0.25) is 0 Å². The molecule has 3 aromatic carbocycles. The van der Waals surface area contributed by atoms with Gasteiger partial charge in [0.1, 0.15) is 4.90 Å². The molecule has 8 heteroatoms. The third-order valence-corrected chi connectivity index (χ3v) is 5.34. The molecule has 3 aromatic rings. The van der Waals surface area contributed by atoms with Crippen LogP contribution in [-0.2, 0) is 9.84 Å². The molecule has 0 spiro atoms. The summed E-state index contributed by atoms with van der Waals surface area (Å²) in [6.07, 6.45) is 0.0924. The van der Waals surface area contributed by atoms with Crippen molar-refractivity contribution in [2.75, 3.05) is 18.1 Å². The van der Waals surface area contributed by atoms with E-state index in [0.29, 0.717) is 11.3 Å². The van der Waals surface area contributed by atoms with Crippen LogP contribution in [0.2, 0.25) is 0 Å². The number of aliphatic hydroxyl groups is 1. The Bertz CT molecular complexity index is 1110. The number of sulfone groups is 1. The third-order valence-electron chi connectivity index (χ3n) is 4.21. The predicted molar refractivity (Wildman–Crippen MR) is 104 cm³/mol. The largest absolute Gasteiger partial charge is 0.387 e. The predicted octanol–water partition coefficient (Wildman–Crippen LogP) is 3.30. The number of nitro benzene ring substituents is 1. The molecule has 3 rings (SSSR count). The Balaban J connectivity index is 1.80. The summed E-state index contributed by atoms with van der Waals surface area (Å²) >= 11 is 0. The number of rotatable bonds is 6. The van der Waals surface area contributed by atoms with E-state index in [1.54, 1.807) is 0 Å². The van der Waals surface area contributed by atoms with E-state index < -0.39 is 26.6 Å². The number of nitro groups is 1. The van der Waals surface area contributed by atoms with E-state index in [9.17, 15) is 23.6 Å². The number of aliphatic hydroxyl groups excluding tert-OH is 1. The van der Waals surface area contributed by atoms with Gasteiger partial charge in [-0.1, -0.05) is 36.4 Å². The number of nitrogens with zero attached hydrogens (tertiary/aromatic N) is 1. The van der Waals surface area contributed by atoms with Crippen molar-refractivity contribution in [2.24, 2.45) is 0 Å². The van der Waals surface area contributed by atoms with Crippen molar-refractivity contribution >= 4 is 32.0 Å². The first-order valence-corrected chi connectivity index (χ1v) is 10.0. The zero-order valence-corrected chi connectivity index (χ0v) is 15.3. The SMILES string of the molecule is CS(=O)(=O)c1cc(NCC(O)c2ccc3ccccc3c2)ccc1[N+](=O)[O-]. The van der Waals surface area contributed by atoms with Crippen molar-refractivity contribution in [1.29, 1.82) is 0 Å². The first-order chi connectivity index (χ1) is 12.8. The molecule has 0 bridgehead atoms. The van der Waals surface area contributed by atoms with E-state index in [4.69, 9.17) is 0 Å². The van der Waals surface area contributed by atoms with Gasteiger partial charge in [0.05, 0.1) is 11.0 Å². The Morgan fingerprint density at radius 1 is 1.07 bits per heavy atom. The zero-order valence-electron chi connectivity index (χ0n) is 14.5. The number of fused-ring (bicyclic) bond motifs is 1. The lowest BCUT2D eigenvalue weighted by Gasteiger charge is -2.14. The zero-order chi connectivity index (χ0) is 19.6. The maximum absolute atomic E-state index is 11.8. The lowest BCUT2D eigenvalue weighted by molar-refractivity contribution is -0.387. The summed E-state index contributed by atoms with van der Waals surface area (Å²) in [7, 11) is -3.76. The molecule has 0 aliphatic heterocycles. The molecule has 1 unspecified atom stereocenters. The Kier molecular flexibility index (Phi) is 5.11. The molecule has 0 heterocycles. The third kappa shape index (κ3) is 4.24. The maximum atomic E-state index is 11.8. The molecular formula is C19H18N2O5S. The van der Waals surface area contributed by atoms with Crippen molar-refractivity contribution in [3.8, 4) is 0 Å². The van der Waals surface area contributed by atoms with Crippen molar-refractivity contribution in [2.45, 2.75) is 11.0 Å². The highest BCUT2D eigenvalue weighted by Crippen LogP contribution is 2.27. The summed E-state index contributed by atoms with van der Waals surface area (Å²) in [5, 5.41) is 26.4. The fourth-order valence-corrected chi connectivity index (χ4v) is 3.68. The summed E-state index contributed by atoms with van der Waals surface area (Å²) < 4.78 is 23.6. The summed E-state index contributed by atoms with van der Waals surface area (Å²) in [4.78, 5) is 9.92. The topological polar surface area (TPSA) is 110 Å². The molecule has 0 aliphatic rings. The maximum Gasteiger partial charge on any atom is 0.288 e. The lowest BCUT2D eigenvalue weighted by atomic mass is 10.0. The number of nitrogens with one attached hydrogen (secondary N) is 1. The van der Waals surface area contributed by atoms with E-state index in [1.807, 2.05) is 42.5 Å². The molecule has 7 nitrogen and oxygen atoms in total. The highest BCUT2D eigenvalue weighted by atomic mass is 32.2. The number of anilines is 1. The highest BCUT2D eigenvalue weighted by Gasteiger charge is 2.22. The van der Waals surface area contributed by atoms with Crippen LogP contribution in [0.4, 0.5) is 11.4 Å². The Hall–Kier alpha value is -2.97. The lowest BCUT2D eigenvalue weighted by Crippen LogP contribution is -2.13. The van der Waals surface area contributed by atoms with Gasteiger partial charge in [0, 0.05) is 24.6 Å². The smallest absolute Gasteiger partial charge is 0.288 e. The van der Waals surface area contributed by atoms with Crippen LogP contribution in [0.3, 0.4) is 0 Å². The van der Waals surface area contributed by atoms with Crippen molar-refractivity contribution in [3.63, 3.8) is 0 Å². The van der Waals surface area contributed by atoms with E-state index in [2.05, 4.69) is 5.32 Å². The molecule has 0 amide bonds. The van der Waals surface area contributed by atoms with Gasteiger partial charge in [-0.15, -0.1) is 0 Å². The van der Waals surface area contributed by atoms with Crippen LogP contribution in [-0.4, -0.2) is 31.2 Å². The van der Waals surface area contributed by atoms with Gasteiger partial charge in [-0.3, -0.25) is 10.1 Å². The van der Waals surface area contributed by atoms with Gasteiger partial charge in [0.25, 0.3) is 5.69 Å². The minimum absolute atomic E-state index is 0.124. The van der Waals surface area contributed by atoms with Gasteiger partial charge in [-0.05, 0) is 34.5 Å². The van der Waals surface area contributed by atoms with E-state index in [-0.39, 0.29) is 11.4 Å². The molecular weight excluding hydrogens is 368 g/mol. The molecule has 27 heavy (non-hydrogen) atoms. The molecule has 0 fully saturated rings. The quantitative estimate of drug-likeness (QED) is 0.497. The fourth-order valence-electron chi connectivity index (χ4n) is 2.82.